The maximum absolute atomic E-state index is 12.4. The first-order valence-corrected chi connectivity index (χ1v) is 9.09. The maximum Gasteiger partial charge on any atom is 0.289 e. The summed E-state index contributed by atoms with van der Waals surface area (Å²) >= 11 is 0. The molecule has 0 radical (unpaired) electrons. The molecule has 6 heteroatoms. The number of hydrogen-bond acceptors (Lipinski definition) is 4. The Balaban J connectivity index is 1.46. The Hall–Kier alpha value is -2.76. The number of nitrogens with one attached hydrogen (secondary N) is 1. The van der Waals surface area contributed by atoms with Crippen LogP contribution in [0.25, 0.3) is 0 Å². The van der Waals surface area contributed by atoms with E-state index in [0.29, 0.717) is 25.4 Å². The molecular formula is C20H25N3O3. The number of hydrogen-bond donors (Lipinski definition) is 1. The molecule has 1 N–H and O–H groups in total. The van der Waals surface area contributed by atoms with Crippen molar-refractivity contribution in [3.63, 3.8) is 0 Å². The van der Waals surface area contributed by atoms with Gasteiger partial charge in [-0.3, -0.25) is 9.59 Å². The van der Waals surface area contributed by atoms with E-state index in [-0.39, 0.29) is 17.9 Å². The summed E-state index contributed by atoms with van der Waals surface area (Å²) in [6, 6.07) is 13.4. The molecule has 3 rings (SSSR count). The fraction of sp³-hybridized carbons (Fsp3) is 0.400. The third-order valence-corrected chi connectivity index (χ3v) is 4.72. The van der Waals surface area contributed by atoms with Crippen molar-refractivity contribution in [1.29, 1.82) is 0 Å². The first-order valence-electron chi connectivity index (χ1n) is 9.09. The number of carbonyl (C=O) groups is 2. The monoisotopic (exact) mass is 355 g/mol. The number of anilines is 1. The third kappa shape index (κ3) is 4.45. The highest BCUT2D eigenvalue weighted by atomic mass is 16.3. The fourth-order valence-electron chi connectivity index (χ4n) is 3.25. The van der Waals surface area contributed by atoms with Gasteiger partial charge in [0.15, 0.2) is 5.76 Å². The number of likely N-dealkylation sites (tertiary alicyclic amines) is 1. The van der Waals surface area contributed by atoms with Gasteiger partial charge in [-0.05, 0) is 44.0 Å². The first kappa shape index (κ1) is 18.0. The first-order chi connectivity index (χ1) is 12.7. The molecule has 0 spiro atoms. The van der Waals surface area contributed by atoms with Crippen LogP contribution in [0.15, 0.2) is 53.1 Å². The van der Waals surface area contributed by atoms with Crippen LogP contribution in [0.4, 0.5) is 5.69 Å². The molecular weight excluding hydrogens is 330 g/mol. The van der Waals surface area contributed by atoms with Crippen molar-refractivity contribution < 1.29 is 14.0 Å². The van der Waals surface area contributed by atoms with Gasteiger partial charge in [0.2, 0.25) is 5.91 Å². The number of likely N-dealkylation sites (N-methyl/N-ethyl adjacent to an activating group) is 1. The molecule has 1 fully saturated rings. The van der Waals surface area contributed by atoms with E-state index in [2.05, 4.69) is 5.32 Å². The Labute approximate surface area is 153 Å². The highest BCUT2D eigenvalue weighted by Gasteiger charge is 2.26. The minimum absolute atomic E-state index is 0.0199. The van der Waals surface area contributed by atoms with Crippen LogP contribution in [0.5, 0.6) is 0 Å². The van der Waals surface area contributed by atoms with E-state index in [9.17, 15) is 9.59 Å². The lowest BCUT2D eigenvalue weighted by molar-refractivity contribution is -0.120. The Morgan fingerprint density at radius 2 is 1.88 bits per heavy atom. The van der Waals surface area contributed by atoms with Gasteiger partial charge in [0.25, 0.3) is 5.91 Å². The molecule has 138 valence electrons. The second-order valence-electron chi connectivity index (χ2n) is 6.46. The number of carbonyl (C=O) groups excluding carboxylic acids is 2. The second-order valence-corrected chi connectivity index (χ2v) is 6.46. The molecule has 0 unspecified atom stereocenters. The number of rotatable bonds is 6. The number of amides is 2. The Morgan fingerprint density at radius 3 is 2.50 bits per heavy atom. The summed E-state index contributed by atoms with van der Waals surface area (Å²) in [5.41, 5.74) is 1.05. The molecule has 6 nitrogen and oxygen atoms in total. The lowest BCUT2D eigenvalue weighted by Gasteiger charge is -2.32. The van der Waals surface area contributed by atoms with Crippen LogP contribution < -0.4 is 10.2 Å². The average Bonchev–Trinajstić information content (AvgIpc) is 3.21. The van der Waals surface area contributed by atoms with E-state index in [4.69, 9.17) is 4.42 Å². The molecule has 2 heterocycles. The van der Waals surface area contributed by atoms with Crippen LogP contribution in [0.3, 0.4) is 0 Å². The van der Waals surface area contributed by atoms with Crippen molar-refractivity contribution in [2.75, 3.05) is 31.1 Å². The fourth-order valence-corrected chi connectivity index (χ4v) is 3.25. The zero-order chi connectivity index (χ0) is 18.4. The summed E-state index contributed by atoms with van der Waals surface area (Å²) in [7, 11) is 0. The van der Waals surface area contributed by atoms with Crippen molar-refractivity contribution in [3.8, 4) is 0 Å². The molecule has 1 aliphatic rings. The number of furan rings is 1. The Morgan fingerprint density at radius 1 is 1.15 bits per heavy atom. The molecule has 0 bridgehead atoms. The molecule has 0 saturated carbocycles. The highest BCUT2D eigenvalue weighted by Crippen LogP contribution is 2.15. The van der Waals surface area contributed by atoms with E-state index in [1.165, 1.54) is 6.26 Å². The molecule has 0 aliphatic carbocycles. The minimum atomic E-state index is -0.0824. The van der Waals surface area contributed by atoms with Gasteiger partial charge in [-0.1, -0.05) is 18.2 Å². The SMILES string of the molecule is CCN(CC(=O)NC1CCN(C(=O)c2ccco2)CC1)c1ccccc1. The van der Waals surface area contributed by atoms with E-state index >= 15 is 0 Å². The predicted octanol–water partition coefficient (Wildman–Crippen LogP) is 2.53. The van der Waals surface area contributed by atoms with Gasteiger partial charge in [0, 0.05) is 31.4 Å². The maximum atomic E-state index is 12.4. The molecule has 26 heavy (non-hydrogen) atoms. The van der Waals surface area contributed by atoms with Gasteiger partial charge in [-0.2, -0.15) is 0 Å². The van der Waals surface area contributed by atoms with Gasteiger partial charge in [0.1, 0.15) is 0 Å². The molecule has 1 aromatic carbocycles. The van der Waals surface area contributed by atoms with Crippen molar-refractivity contribution in [3.05, 3.63) is 54.5 Å². The van der Waals surface area contributed by atoms with Crippen LogP contribution >= 0.6 is 0 Å². The van der Waals surface area contributed by atoms with E-state index in [1.807, 2.05) is 42.2 Å². The molecule has 1 aliphatic heterocycles. The van der Waals surface area contributed by atoms with Gasteiger partial charge < -0.3 is 19.5 Å². The summed E-state index contributed by atoms with van der Waals surface area (Å²) in [6.07, 6.45) is 3.03. The number of benzene rings is 1. The Kier molecular flexibility index (Phi) is 5.94. The summed E-state index contributed by atoms with van der Waals surface area (Å²) < 4.78 is 5.17. The average molecular weight is 355 g/mol. The smallest absolute Gasteiger partial charge is 0.289 e. The molecule has 1 saturated heterocycles. The molecule has 0 atom stereocenters. The molecule has 2 aromatic rings. The third-order valence-electron chi connectivity index (χ3n) is 4.72. The predicted molar refractivity (Wildman–Crippen MR) is 100 cm³/mol. The van der Waals surface area contributed by atoms with Crippen LogP contribution in [-0.4, -0.2) is 48.9 Å². The zero-order valence-corrected chi connectivity index (χ0v) is 15.1. The largest absolute Gasteiger partial charge is 0.459 e. The van der Waals surface area contributed by atoms with Gasteiger partial charge in [-0.25, -0.2) is 0 Å². The van der Waals surface area contributed by atoms with E-state index in [0.717, 1.165) is 25.1 Å². The minimum Gasteiger partial charge on any atom is -0.459 e. The summed E-state index contributed by atoms with van der Waals surface area (Å²) in [5.74, 6) is 0.307. The van der Waals surface area contributed by atoms with Gasteiger partial charge >= 0.3 is 0 Å². The van der Waals surface area contributed by atoms with Crippen molar-refractivity contribution in [1.82, 2.24) is 10.2 Å². The standard InChI is InChI=1S/C20H25N3O3/c1-2-22(17-7-4-3-5-8-17)15-19(24)21-16-10-12-23(13-11-16)20(25)18-9-6-14-26-18/h3-9,14,16H,2,10-13,15H2,1H3,(H,21,24). The summed E-state index contributed by atoms with van der Waals surface area (Å²) in [4.78, 5) is 28.5. The lowest BCUT2D eigenvalue weighted by Crippen LogP contribution is -2.48. The highest BCUT2D eigenvalue weighted by molar-refractivity contribution is 5.91. The van der Waals surface area contributed by atoms with Crippen molar-refractivity contribution in [2.45, 2.75) is 25.8 Å². The topological polar surface area (TPSA) is 65.8 Å². The zero-order valence-electron chi connectivity index (χ0n) is 15.1. The molecule has 2 amide bonds. The van der Waals surface area contributed by atoms with E-state index in [1.54, 1.807) is 17.0 Å². The van der Waals surface area contributed by atoms with Crippen molar-refractivity contribution >= 4 is 17.5 Å². The Bertz CT molecular complexity index is 707. The van der Waals surface area contributed by atoms with Crippen LogP contribution in [0.2, 0.25) is 0 Å². The van der Waals surface area contributed by atoms with Crippen molar-refractivity contribution in [2.24, 2.45) is 0 Å². The second kappa shape index (κ2) is 8.56. The quantitative estimate of drug-likeness (QED) is 0.865. The molecule has 1 aromatic heterocycles. The van der Waals surface area contributed by atoms with E-state index < -0.39 is 0 Å². The normalized spacial score (nSPS) is 14.9. The lowest BCUT2D eigenvalue weighted by atomic mass is 10.0. The van der Waals surface area contributed by atoms with Crippen LogP contribution in [0, 0.1) is 0 Å². The van der Waals surface area contributed by atoms with Gasteiger partial charge in [-0.15, -0.1) is 0 Å². The van der Waals surface area contributed by atoms with Gasteiger partial charge in [0.05, 0.1) is 12.8 Å². The number of piperidine rings is 1. The van der Waals surface area contributed by atoms with Crippen LogP contribution in [0.1, 0.15) is 30.3 Å². The van der Waals surface area contributed by atoms with Crippen LogP contribution in [-0.2, 0) is 4.79 Å². The summed E-state index contributed by atoms with van der Waals surface area (Å²) in [6.45, 7) is 4.40. The number of para-hydroxylation sites is 1. The summed E-state index contributed by atoms with van der Waals surface area (Å²) in [5, 5.41) is 3.11. The number of nitrogens with zero attached hydrogens (tertiary/aromatic N) is 2.